The Kier molecular flexibility index (Phi) is 5.55. The fraction of sp³-hybridized carbons (Fsp3) is 0. The van der Waals surface area contributed by atoms with Crippen molar-refractivity contribution in [1.29, 1.82) is 0 Å². The molecule has 0 saturated carbocycles. The summed E-state index contributed by atoms with van der Waals surface area (Å²) in [6.45, 7) is -1.59. The normalized spacial score (nSPS) is 10.4. The number of benzene rings is 1. The quantitative estimate of drug-likeness (QED) is 0.571. The van der Waals surface area contributed by atoms with Gasteiger partial charge in [-0.3, -0.25) is 0 Å². The summed E-state index contributed by atoms with van der Waals surface area (Å²) in [5, 5.41) is 0. The van der Waals surface area contributed by atoms with Crippen molar-refractivity contribution >= 4 is 18.5 Å². The molecular formula is C8H7BF3K. The molecule has 0 aliphatic heterocycles. The second kappa shape index (κ2) is 5.36. The maximum Gasteiger partial charge on any atom is 1.00 e. The molecule has 0 atom stereocenters. The first-order valence-electron chi connectivity index (χ1n) is 3.47. The maximum atomic E-state index is 12.3. The zero-order valence-electron chi connectivity index (χ0n) is 7.31. The van der Waals surface area contributed by atoms with E-state index in [-0.39, 0.29) is 56.9 Å². The molecule has 0 nitrogen and oxygen atoms in total. The molecule has 0 bridgehead atoms. The molecule has 0 saturated heterocycles. The third kappa shape index (κ3) is 3.59. The summed E-state index contributed by atoms with van der Waals surface area (Å²) in [4.78, 5) is 0. The largest absolute Gasteiger partial charge is 1.00 e. The van der Waals surface area contributed by atoms with Crippen LogP contribution in [0.15, 0.2) is 30.8 Å². The van der Waals surface area contributed by atoms with Gasteiger partial charge in [-0.1, -0.05) is 42.5 Å². The van der Waals surface area contributed by atoms with Gasteiger partial charge >= 0.3 is 58.4 Å². The minimum Gasteiger partial charge on any atom is -0.445 e. The van der Waals surface area contributed by atoms with Crippen molar-refractivity contribution in [2.45, 2.75) is 0 Å². The summed E-state index contributed by atoms with van der Waals surface area (Å²) in [7, 11) is 0. The van der Waals surface area contributed by atoms with Crippen LogP contribution in [0.2, 0.25) is 0 Å². The van der Waals surface area contributed by atoms with Crippen molar-refractivity contribution in [2.75, 3.05) is 0 Å². The molecule has 1 aromatic rings. The number of halogens is 3. The molecule has 0 unspecified atom stereocenters. The Bertz CT molecular complexity index is 296. The van der Waals surface area contributed by atoms with Gasteiger partial charge in [0.1, 0.15) is 0 Å². The molecule has 64 valence electrons. The molecule has 5 heteroatoms. The fourth-order valence-corrected chi connectivity index (χ4v) is 0.995. The second-order valence-electron chi connectivity index (χ2n) is 2.41. The van der Waals surface area contributed by atoms with Gasteiger partial charge in [-0.2, -0.15) is 0 Å². The Balaban J connectivity index is 0.00000144. The number of rotatable bonds is 2. The molecule has 1 rings (SSSR count). The van der Waals surface area contributed by atoms with Gasteiger partial charge in [-0.05, 0) is 0 Å². The number of hydrogen-bond donors (Lipinski definition) is 0. The molecule has 0 aliphatic rings. The second-order valence-corrected chi connectivity index (χ2v) is 2.41. The van der Waals surface area contributed by atoms with Gasteiger partial charge in [-0.15, -0.1) is 5.46 Å². The number of hydrogen-bond acceptors (Lipinski definition) is 0. The summed E-state index contributed by atoms with van der Waals surface area (Å²) in [5.41, 5.74) is -0.433. The van der Waals surface area contributed by atoms with E-state index in [4.69, 9.17) is 0 Å². The molecule has 0 spiro atoms. The summed E-state index contributed by atoms with van der Waals surface area (Å²) in [6.07, 6.45) is 1.21. The smallest absolute Gasteiger partial charge is 0.445 e. The summed E-state index contributed by atoms with van der Waals surface area (Å²) >= 11 is 0. The Morgan fingerprint density at radius 1 is 1.15 bits per heavy atom. The first kappa shape index (κ1) is 13.5. The molecule has 0 heterocycles. The van der Waals surface area contributed by atoms with Gasteiger partial charge in [0.2, 0.25) is 0 Å². The molecule has 0 aromatic heterocycles. The van der Waals surface area contributed by atoms with Gasteiger partial charge in [0, 0.05) is 0 Å². The van der Waals surface area contributed by atoms with E-state index in [9.17, 15) is 12.9 Å². The first-order chi connectivity index (χ1) is 5.55. The monoisotopic (exact) mass is 210 g/mol. The molecule has 0 radical (unpaired) electrons. The van der Waals surface area contributed by atoms with Crippen LogP contribution in [-0.4, -0.2) is 6.98 Å². The summed E-state index contributed by atoms with van der Waals surface area (Å²) < 4.78 is 36.8. The van der Waals surface area contributed by atoms with E-state index in [0.29, 0.717) is 0 Å². The summed E-state index contributed by atoms with van der Waals surface area (Å²) in [5.74, 6) is 0. The average molecular weight is 210 g/mol. The van der Waals surface area contributed by atoms with E-state index in [0.717, 1.165) is 6.07 Å². The Morgan fingerprint density at radius 2 is 1.69 bits per heavy atom. The van der Waals surface area contributed by atoms with Crippen LogP contribution >= 0.6 is 0 Å². The Hall–Kier alpha value is 0.451. The Labute approximate surface area is 118 Å². The van der Waals surface area contributed by atoms with Crippen LogP contribution in [0.4, 0.5) is 12.9 Å². The van der Waals surface area contributed by atoms with Gasteiger partial charge in [0.15, 0.2) is 0 Å². The van der Waals surface area contributed by atoms with Crippen LogP contribution in [0.3, 0.4) is 0 Å². The van der Waals surface area contributed by atoms with Gasteiger partial charge < -0.3 is 12.9 Å². The van der Waals surface area contributed by atoms with Crippen molar-refractivity contribution in [3.05, 3.63) is 36.4 Å². The standard InChI is InChI=1S/C8H7BF3.K/c1-2-7-5-3-4-6-8(7)9(10,11)12;/h2-6H,1H2;/q-1;+1. The van der Waals surface area contributed by atoms with Crippen LogP contribution in [0.5, 0.6) is 0 Å². The molecule has 0 fully saturated rings. The van der Waals surface area contributed by atoms with Crippen molar-refractivity contribution in [1.82, 2.24) is 0 Å². The van der Waals surface area contributed by atoms with E-state index >= 15 is 0 Å². The zero-order valence-corrected chi connectivity index (χ0v) is 10.4. The van der Waals surface area contributed by atoms with Gasteiger partial charge in [0.05, 0.1) is 0 Å². The van der Waals surface area contributed by atoms with Crippen molar-refractivity contribution in [3.63, 3.8) is 0 Å². The predicted molar refractivity (Wildman–Crippen MR) is 45.2 cm³/mol. The van der Waals surface area contributed by atoms with E-state index in [2.05, 4.69) is 6.58 Å². The van der Waals surface area contributed by atoms with Gasteiger partial charge in [0.25, 0.3) is 0 Å². The predicted octanol–water partition coefficient (Wildman–Crippen LogP) is -0.612. The zero-order chi connectivity index (χ0) is 9.19. The molecule has 13 heavy (non-hydrogen) atoms. The van der Waals surface area contributed by atoms with Crippen molar-refractivity contribution in [2.24, 2.45) is 0 Å². The SMILES string of the molecule is C=Cc1ccccc1[B-](F)(F)F.[K+]. The van der Waals surface area contributed by atoms with Crippen LogP contribution in [0, 0.1) is 0 Å². The minimum atomic E-state index is -4.91. The van der Waals surface area contributed by atoms with Crippen molar-refractivity contribution in [3.8, 4) is 0 Å². The average Bonchev–Trinajstić information content (AvgIpc) is 2.03. The molecule has 0 aliphatic carbocycles. The van der Waals surface area contributed by atoms with Crippen molar-refractivity contribution < 1.29 is 64.3 Å². The van der Waals surface area contributed by atoms with Crippen LogP contribution < -0.4 is 56.8 Å². The molecule has 0 N–H and O–H groups in total. The van der Waals surface area contributed by atoms with Crippen LogP contribution in [0.1, 0.15) is 5.56 Å². The molecule has 1 aromatic carbocycles. The third-order valence-corrected chi connectivity index (χ3v) is 1.57. The third-order valence-electron chi connectivity index (χ3n) is 1.57. The van der Waals surface area contributed by atoms with E-state index in [1.54, 1.807) is 6.07 Å². The van der Waals surface area contributed by atoms with E-state index in [1.165, 1.54) is 18.2 Å². The van der Waals surface area contributed by atoms with E-state index in [1.807, 2.05) is 0 Å². The van der Waals surface area contributed by atoms with Crippen LogP contribution in [-0.2, 0) is 0 Å². The Morgan fingerprint density at radius 3 is 2.08 bits per heavy atom. The minimum absolute atomic E-state index is 0. The fourth-order valence-electron chi connectivity index (χ4n) is 0.995. The van der Waals surface area contributed by atoms with Gasteiger partial charge in [-0.25, -0.2) is 0 Å². The van der Waals surface area contributed by atoms with E-state index < -0.39 is 12.4 Å². The molecular weight excluding hydrogens is 203 g/mol. The summed E-state index contributed by atoms with van der Waals surface area (Å²) in [6, 6.07) is 5.40. The molecule has 0 amide bonds. The first-order valence-corrected chi connectivity index (χ1v) is 3.47. The van der Waals surface area contributed by atoms with Crippen LogP contribution in [0.25, 0.3) is 6.08 Å². The topological polar surface area (TPSA) is 0 Å². The maximum absolute atomic E-state index is 12.3.